The third kappa shape index (κ3) is 5.55. The molecule has 5 heteroatoms. The van der Waals surface area contributed by atoms with Crippen molar-refractivity contribution in [1.82, 2.24) is 19.1 Å². The molecule has 5 nitrogen and oxygen atoms in total. The Balaban J connectivity index is 1.11. The van der Waals surface area contributed by atoms with Crippen LogP contribution in [0.2, 0.25) is 0 Å². The minimum absolute atomic E-state index is 0.605. The molecule has 3 heterocycles. The van der Waals surface area contributed by atoms with Gasteiger partial charge in [0, 0.05) is 38.4 Å². The van der Waals surface area contributed by atoms with Crippen LogP contribution < -0.4 is 0 Å². The Bertz CT molecular complexity index is 3390. The van der Waals surface area contributed by atoms with Crippen molar-refractivity contribution in [3.8, 4) is 56.4 Å². The molecular weight excluding hydrogens is 707 g/mol. The van der Waals surface area contributed by atoms with E-state index in [1.807, 2.05) is 42.5 Å². The molecule has 58 heavy (non-hydrogen) atoms. The third-order valence-corrected chi connectivity index (χ3v) is 11.2. The smallest absolute Gasteiger partial charge is 0.235 e. The number of para-hydroxylation sites is 3. The Kier molecular flexibility index (Phi) is 7.80. The second-order valence-electron chi connectivity index (χ2n) is 14.5. The van der Waals surface area contributed by atoms with Crippen molar-refractivity contribution in [1.29, 1.82) is 0 Å². The average Bonchev–Trinajstić information content (AvgIpc) is 3.82. The van der Waals surface area contributed by atoms with E-state index in [1.54, 1.807) is 0 Å². The summed E-state index contributed by atoms with van der Waals surface area (Å²) in [6.45, 7) is 7.38. The van der Waals surface area contributed by atoms with Crippen LogP contribution in [0.4, 0.5) is 5.69 Å². The van der Waals surface area contributed by atoms with Crippen LogP contribution in [-0.4, -0.2) is 19.1 Å². The van der Waals surface area contributed by atoms with Crippen molar-refractivity contribution in [3.05, 3.63) is 212 Å². The highest BCUT2D eigenvalue weighted by Gasteiger charge is 2.19. The highest BCUT2D eigenvalue weighted by atomic mass is 15.2. The number of aromatic nitrogens is 4. The van der Waals surface area contributed by atoms with Crippen molar-refractivity contribution >= 4 is 49.3 Å². The summed E-state index contributed by atoms with van der Waals surface area (Å²) in [4.78, 5) is 14.2. The van der Waals surface area contributed by atoms with Gasteiger partial charge in [-0.1, -0.05) is 146 Å². The molecule has 0 saturated heterocycles. The summed E-state index contributed by atoms with van der Waals surface area (Å²) in [5.74, 6) is 0.605. The Hall–Kier alpha value is -8.07. The zero-order valence-corrected chi connectivity index (χ0v) is 31.3. The first-order valence-corrected chi connectivity index (χ1v) is 19.4. The lowest BCUT2D eigenvalue weighted by Crippen LogP contribution is -2.04. The van der Waals surface area contributed by atoms with E-state index in [9.17, 15) is 0 Å². The van der Waals surface area contributed by atoms with Crippen molar-refractivity contribution in [2.75, 3.05) is 0 Å². The van der Waals surface area contributed by atoms with Gasteiger partial charge in [-0.2, -0.15) is 0 Å². The van der Waals surface area contributed by atoms with Gasteiger partial charge in [0.05, 0.1) is 40.0 Å². The van der Waals surface area contributed by atoms with Crippen LogP contribution in [0.3, 0.4) is 0 Å². The van der Waals surface area contributed by atoms with Gasteiger partial charge in [0.25, 0.3) is 0 Å². The van der Waals surface area contributed by atoms with Crippen LogP contribution in [0.25, 0.3) is 105 Å². The van der Waals surface area contributed by atoms with E-state index >= 15 is 0 Å². The van der Waals surface area contributed by atoms with Gasteiger partial charge in [-0.25, -0.2) is 14.8 Å². The summed E-state index contributed by atoms with van der Waals surface area (Å²) in [5, 5.41) is 4.72. The number of fused-ring (bicyclic) bond motifs is 6. The molecule has 0 spiro atoms. The molecular formula is C53H33N5. The van der Waals surface area contributed by atoms with Crippen LogP contribution in [-0.2, 0) is 0 Å². The van der Waals surface area contributed by atoms with Crippen LogP contribution in [0, 0.1) is 6.57 Å². The Morgan fingerprint density at radius 1 is 0.345 bits per heavy atom. The van der Waals surface area contributed by atoms with Crippen molar-refractivity contribution in [3.63, 3.8) is 0 Å². The molecule has 11 aromatic rings. The van der Waals surface area contributed by atoms with Gasteiger partial charge >= 0.3 is 0 Å². The Morgan fingerprint density at radius 3 is 1.64 bits per heavy atom. The third-order valence-electron chi connectivity index (χ3n) is 11.2. The zero-order valence-electron chi connectivity index (χ0n) is 31.3. The van der Waals surface area contributed by atoms with Gasteiger partial charge < -0.3 is 4.57 Å². The number of rotatable bonds is 6. The van der Waals surface area contributed by atoms with Crippen molar-refractivity contribution in [2.24, 2.45) is 0 Å². The van der Waals surface area contributed by atoms with Crippen molar-refractivity contribution in [2.45, 2.75) is 0 Å². The van der Waals surface area contributed by atoms with E-state index in [1.165, 1.54) is 21.8 Å². The molecule has 0 unspecified atom stereocenters. The lowest BCUT2D eigenvalue weighted by molar-refractivity contribution is 0.996. The monoisotopic (exact) mass is 739 g/mol. The fourth-order valence-corrected chi connectivity index (χ4v) is 8.40. The summed E-state index contributed by atoms with van der Waals surface area (Å²) < 4.78 is 4.57. The molecule has 0 radical (unpaired) electrons. The molecule has 0 aliphatic carbocycles. The molecule has 0 atom stereocenters. The second kappa shape index (κ2) is 13.6. The van der Waals surface area contributed by atoms with Crippen LogP contribution >= 0.6 is 0 Å². The molecule has 11 rings (SSSR count). The second-order valence-corrected chi connectivity index (χ2v) is 14.5. The molecule has 0 fully saturated rings. The molecule has 0 bridgehead atoms. The van der Waals surface area contributed by atoms with Crippen LogP contribution in [0.15, 0.2) is 200 Å². The average molecular weight is 740 g/mol. The van der Waals surface area contributed by atoms with Crippen LogP contribution in [0.1, 0.15) is 0 Å². The SMILES string of the molecule is [C-]#[N+]c1ccc(-c2cccc(-c3cc(-c4ccccc4)nc(-n4c5ccccc5c5ccc(-c6ccc7c(c6)c6ccccc6n7-c6ccccc6)cc54)n3)c2)cc1. The predicted octanol–water partition coefficient (Wildman–Crippen LogP) is 13.9. The summed E-state index contributed by atoms with van der Waals surface area (Å²) >= 11 is 0. The molecule has 0 N–H and O–H groups in total. The summed E-state index contributed by atoms with van der Waals surface area (Å²) in [6.07, 6.45) is 0. The highest BCUT2D eigenvalue weighted by molar-refractivity contribution is 6.12. The normalized spacial score (nSPS) is 11.4. The fraction of sp³-hybridized carbons (Fsp3) is 0. The zero-order chi connectivity index (χ0) is 38.6. The van der Waals surface area contributed by atoms with E-state index in [2.05, 4.69) is 172 Å². The largest absolute Gasteiger partial charge is 0.309 e. The maximum Gasteiger partial charge on any atom is 0.235 e. The first-order chi connectivity index (χ1) is 28.7. The Morgan fingerprint density at radius 2 is 0.879 bits per heavy atom. The van der Waals surface area contributed by atoms with Gasteiger partial charge in [-0.15, -0.1) is 0 Å². The van der Waals surface area contributed by atoms with Gasteiger partial charge in [0.2, 0.25) is 5.95 Å². The quantitative estimate of drug-likeness (QED) is 0.159. The lowest BCUT2D eigenvalue weighted by atomic mass is 10.0. The summed E-state index contributed by atoms with van der Waals surface area (Å²) in [5.41, 5.74) is 14.2. The number of nitrogens with zero attached hydrogens (tertiary/aromatic N) is 5. The van der Waals surface area contributed by atoms with Gasteiger partial charge in [-0.05, 0) is 76.9 Å². The summed E-state index contributed by atoms with van der Waals surface area (Å²) in [6, 6.07) is 69.9. The van der Waals surface area contributed by atoms with Gasteiger partial charge in [0.1, 0.15) is 0 Å². The van der Waals surface area contributed by atoms with E-state index in [0.717, 1.165) is 72.3 Å². The Labute approximate surface area is 335 Å². The molecule has 0 amide bonds. The molecule has 3 aromatic heterocycles. The maximum atomic E-state index is 7.38. The van der Waals surface area contributed by atoms with Crippen molar-refractivity contribution < 1.29 is 0 Å². The molecule has 0 saturated carbocycles. The molecule has 270 valence electrons. The van der Waals surface area contributed by atoms with E-state index in [-0.39, 0.29) is 0 Å². The molecule has 0 aliphatic rings. The highest BCUT2D eigenvalue weighted by Crippen LogP contribution is 2.39. The standard InChI is InChI=1S/C53H33N5/c1-54-41-27-23-35(24-28-41)37-15-12-16-40(31-37)48-34-47(36-13-4-2-5-14-36)55-53(56-48)58-50-22-11-8-19-43(50)45-29-25-39(33-52(45)58)38-26-30-51-46(32-38)44-20-9-10-21-49(44)57(51)42-17-6-3-7-18-42/h2-34H. The number of hydrogen-bond acceptors (Lipinski definition) is 2. The number of benzene rings is 8. The fourth-order valence-electron chi connectivity index (χ4n) is 8.40. The first-order valence-electron chi connectivity index (χ1n) is 19.4. The van der Waals surface area contributed by atoms with E-state index in [0.29, 0.717) is 11.6 Å². The topological polar surface area (TPSA) is 40.0 Å². The van der Waals surface area contributed by atoms with E-state index < -0.39 is 0 Å². The van der Waals surface area contributed by atoms with Gasteiger partial charge in [-0.3, -0.25) is 4.57 Å². The number of hydrogen-bond donors (Lipinski definition) is 0. The minimum atomic E-state index is 0.605. The van der Waals surface area contributed by atoms with E-state index in [4.69, 9.17) is 16.5 Å². The van der Waals surface area contributed by atoms with Gasteiger partial charge in [0.15, 0.2) is 5.69 Å². The molecule has 8 aromatic carbocycles. The molecule has 0 aliphatic heterocycles. The van der Waals surface area contributed by atoms with Crippen LogP contribution in [0.5, 0.6) is 0 Å². The lowest BCUT2D eigenvalue weighted by Gasteiger charge is -2.13. The predicted molar refractivity (Wildman–Crippen MR) is 239 cm³/mol. The summed E-state index contributed by atoms with van der Waals surface area (Å²) in [7, 11) is 0. The minimum Gasteiger partial charge on any atom is -0.309 e. The first kappa shape index (κ1) is 33.3. The maximum absolute atomic E-state index is 7.38.